The third-order valence-corrected chi connectivity index (χ3v) is 3.97. The number of thiazole rings is 1. The molecule has 1 atom stereocenters. The number of aromatic nitrogens is 1. The van der Waals surface area contributed by atoms with E-state index in [4.69, 9.17) is 0 Å². The monoisotopic (exact) mass is 304 g/mol. The minimum Gasteiger partial charge on any atom is -0.356 e. The van der Waals surface area contributed by atoms with Crippen LogP contribution in [-0.2, 0) is 17.4 Å². The molecule has 2 rings (SSSR count). The molecule has 0 aromatic carbocycles. The molecule has 0 unspecified atom stereocenters. The molecule has 0 saturated heterocycles. The Balaban J connectivity index is 1.71. The SMILES string of the molecule is O=C(C[C@H]1C=CCC1)NCCc1nc(C(F)(F)F)cs1. The number of alkyl halides is 3. The molecule has 0 saturated carbocycles. The fraction of sp³-hybridized carbons (Fsp3) is 0.538. The summed E-state index contributed by atoms with van der Waals surface area (Å²) in [6, 6.07) is 0. The zero-order chi connectivity index (χ0) is 14.6. The van der Waals surface area contributed by atoms with Gasteiger partial charge in [-0.25, -0.2) is 4.98 Å². The largest absolute Gasteiger partial charge is 0.434 e. The topological polar surface area (TPSA) is 42.0 Å². The van der Waals surface area contributed by atoms with E-state index in [1.807, 2.05) is 6.08 Å². The number of nitrogens with one attached hydrogen (secondary N) is 1. The van der Waals surface area contributed by atoms with Crippen LogP contribution >= 0.6 is 11.3 Å². The maximum Gasteiger partial charge on any atom is 0.434 e. The minimum atomic E-state index is -4.40. The van der Waals surface area contributed by atoms with Crippen LogP contribution in [0.15, 0.2) is 17.5 Å². The Kier molecular flexibility index (Phi) is 4.80. The van der Waals surface area contributed by atoms with Gasteiger partial charge in [-0.15, -0.1) is 11.3 Å². The second-order valence-corrected chi connectivity index (χ2v) is 5.64. The van der Waals surface area contributed by atoms with Crippen molar-refractivity contribution in [3.8, 4) is 0 Å². The van der Waals surface area contributed by atoms with Gasteiger partial charge in [-0.3, -0.25) is 4.79 Å². The Hall–Kier alpha value is -1.37. The Morgan fingerprint density at radius 2 is 2.30 bits per heavy atom. The molecule has 0 spiro atoms. The van der Waals surface area contributed by atoms with Crippen molar-refractivity contribution >= 4 is 17.2 Å². The van der Waals surface area contributed by atoms with Gasteiger partial charge in [0.1, 0.15) is 0 Å². The molecule has 1 heterocycles. The molecule has 0 bridgehead atoms. The number of hydrogen-bond acceptors (Lipinski definition) is 3. The van der Waals surface area contributed by atoms with Crippen molar-refractivity contribution in [1.82, 2.24) is 10.3 Å². The number of rotatable bonds is 5. The summed E-state index contributed by atoms with van der Waals surface area (Å²) in [7, 11) is 0. The van der Waals surface area contributed by atoms with Gasteiger partial charge in [0.15, 0.2) is 5.69 Å². The molecule has 1 aliphatic rings. The van der Waals surface area contributed by atoms with E-state index >= 15 is 0 Å². The number of halogens is 3. The van der Waals surface area contributed by atoms with E-state index in [1.165, 1.54) is 0 Å². The summed E-state index contributed by atoms with van der Waals surface area (Å²) in [5.41, 5.74) is -0.861. The Morgan fingerprint density at radius 1 is 1.50 bits per heavy atom. The third-order valence-electron chi connectivity index (χ3n) is 3.06. The summed E-state index contributed by atoms with van der Waals surface area (Å²) in [6.07, 6.45) is 2.48. The van der Waals surface area contributed by atoms with E-state index in [0.29, 0.717) is 30.3 Å². The van der Waals surface area contributed by atoms with Gasteiger partial charge in [0.25, 0.3) is 0 Å². The molecule has 1 amide bonds. The summed E-state index contributed by atoms with van der Waals surface area (Å²) in [5, 5.41) is 4.11. The summed E-state index contributed by atoms with van der Waals surface area (Å²) >= 11 is 0.967. The minimum absolute atomic E-state index is 0.0610. The molecule has 1 N–H and O–H groups in total. The van der Waals surface area contributed by atoms with E-state index in [2.05, 4.69) is 16.4 Å². The number of carbonyl (C=O) groups excluding carboxylic acids is 1. The standard InChI is InChI=1S/C13H15F3N2OS/c14-13(15,16)10-8-20-12(18-10)5-6-17-11(19)7-9-3-1-2-4-9/h1,3,8-9H,2,4-7H2,(H,17,19)/t9-/m0/s1. The Bertz CT molecular complexity index is 496. The highest BCUT2D eigenvalue weighted by Gasteiger charge is 2.33. The van der Waals surface area contributed by atoms with Crippen molar-refractivity contribution in [3.05, 3.63) is 28.2 Å². The molecule has 0 fully saturated rings. The van der Waals surface area contributed by atoms with Gasteiger partial charge in [-0.05, 0) is 18.8 Å². The molecular weight excluding hydrogens is 289 g/mol. The average Bonchev–Trinajstić information content (AvgIpc) is 2.98. The second-order valence-electron chi connectivity index (χ2n) is 4.69. The second kappa shape index (κ2) is 6.39. The van der Waals surface area contributed by atoms with Gasteiger partial charge >= 0.3 is 6.18 Å². The van der Waals surface area contributed by atoms with Gasteiger partial charge in [0.2, 0.25) is 5.91 Å². The number of nitrogens with zero attached hydrogens (tertiary/aromatic N) is 1. The quantitative estimate of drug-likeness (QED) is 0.849. The smallest absolute Gasteiger partial charge is 0.356 e. The van der Waals surface area contributed by atoms with Crippen molar-refractivity contribution in [2.75, 3.05) is 6.54 Å². The van der Waals surface area contributed by atoms with Gasteiger partial charge < -0.3 is 5.32 Å². The lowest BCUT2D eigenvalue weighted by atomic mass is 10.1. The lowest BCUT2D eigenvalue weighted by molar-refractivity contribution is -0.140. The first-order valence-electron chi connectivity index (χ1n) is 6.40. The maximum atomic E-state index is 12.3. The van der Waals surface area contributed by atoms with E-state index in [0.717, 1.165) is 29.6 Å². The van der Waals surface area contributed by atoms with Crippen LogP contribution in [0.5, 0.6) is 0 Å². The van der Waals surface area contributed by atoms with E-state index < -0.39 is 11.9 Å². The van der Waals surface area contributed by atoms with Crippen LogP contribution in [0.4, 0.5) is 13.2 Å². The molecule has 1 aromatic rings. The fourth-order valence-corrected chi connectivity index (χ4v) is 2.85. The summed E-state index contributed by atoms with van der Waals surface area (Å²) in [4.78, 5) is 15.1. The van der Waals surface area contributed by atoms with Crippen LogP contribution < -0.4 is 5.32 Å². The van der Waals surface area contributed by atoms with Crippen LogP contribution in [0, 0.1) is 5.92 Å². The van der Waals surface area contributed by atoms with Crippen LogP contribution in [0.2, 0.25) is 0 Å². The molecule has 1 aliphatic carbocycles. The van der Waals surface area contributed by atoms with E-state index in [1.54, 1.807) is 0 Å². The number of amides is 1. The van der Waals surface area contributed by atoms with Crippen LogP contribution in [0.1, 0.15) is 30.0 Å². The van der Waals surface area contributed by atoms with Gasteiger partial charge in [0.05, 0.1) is 5.01 Å². The predicted molar refractivity (Wildman–Crippen MR) is 70.3 cm³/mol. The average molecular weight is 304 g/mol. The zero-order valence-electron chi connectivity index (χ0n) is 10.7. The first kappa shape index (κ1) is 15.0. The normalized spacial score (nSPS) is 18.4. The molecule has 20 heavy (non-hydrogen) atoms. The summed E-state index contributed by atoms with van der Waals surface area (Å²) in [6.45, 7) is 0.320. The molecule has 7 heteroatoms. The van der Waals surface area contributed by atoms with Crippen molar-refractivity contribution < 1.29 is 18.0 Å². The molecule has 3 nitrogen and oxygen atoms in total. The highest BCUT2D eigenvalue weighted by atomic mass is 32.1. The molecule has 110 valence electrons. The summed E-state index contributed by atoms with van der Waals surface area (Å²) < 4.78 is 37.0. The highest BCUT2D eigenvalue weighted by Crippen LogP contribution is 2.30. The van der Waals surface area contributed by atoms with Crippen LogP contribution in [0.3, 0.4) is 0 Å². The first-order valence-corrected chi connectivity index (χ1v) is 7.28. The first-order chi connectivity index (χ1) is 9.45. The van der Waals surface area contributed by atoms with E-state index in [9.17, 15) is 18.0 Å². The highest BCUT2D eigenvalue weighted by molar-refractivity contribution is 7.09. The van der Waals surface area contributed by atoms with Gasteiger partial charge in [-0.2, -0.15) is 13.2 Å². The third kappa shape index (κ3) is 4.33. The predicted octanol–water partition coefficient (Wildman–Crippen LogP) is 3.18. The van der Waals surface area contributed by atoms with Crippen molar-refractivity contribution in [3.63, 3.8) is 0 Å². The summed E-state index contributed by atoms with van der Waals surface area (Å²) in [5.74, 6) is 0.237. The van der Waals surface area contributed by atoms with Crippen LogP contribution in [-0.4, -0.2) is 17.4 Å². The Morgan fingerprint density at radius 3 is 2.90 bits per heavy atom. The van der Waals surface area contributed by atoms with Crippen LogP contribution in [0.25, 0.3) is 0 Å². The lowest BCUT2D eigenvalue weighted by Gasteiger charge is -2.07. The Labute approximate surface area is 118 Å². The maximum absolute atomic E-state index is 12.3. The zero-order valence-corrected chi connectivity index (χ0v) is 11.6. The number of carbonyl (C=O) groups is 1. The van der Waals surface area contributed by atoms with E-state index in [-0.39, 0.29) is 5.91 Å². The molecule has 1 aromatic heterocycles. The van der Waals surface area contributed by atoms with Crippen molar-refractivity contribution in [2.45, 2.75) is 31.9 Å². The molecule has 0 aliphatic heterocycles. The van der Waals surface area contributed by atoms with Crippen molar-refractivity contribution in [1.29, 1.82) is 0 Å². The number of hydrogen-bond donors (Lipinski definition) is 1. The number of allylic oxidation sites excluding steroid dienone is 2. The fourth-order valence-electron chi connectivity index (χ4n) is 2.04. The van der Waals surface area contributed by atoms with Crippen molar-refractivity contribution in [2.24, 2.45) is 5.92 Å². The van der Waals surface area contributed by atoms with Gasteiger partial charge in [0, 0.05) is 24.8 Å². The lowest BCUT2D eigenvalue weighted by Crippen LogP contribution is -2.27. The molecule has 0 radical (unpaired) electrons. The van der Waals surface area contributed by atoms with Gasteiger partial charge in [-0.1, -0.05) is 12.2 Å². The molecular formula is C13H15F3N2OS.